The standard InChI is InChI=1S/C34H33F3N6O3S/c1-23-5-4-6-24(2)31(23)41-33(47-21-27-11-13-28(14-12-27)32(44)45-3)42-40-20-26-9-7-25(8-10-26)19-39-22-43(38)29-15-17-30(18-16-29)46-34(35,36)37/h4-18,20,22H,19,21,38H2,1-3H3,(H,41,42)/b39-22-,40-20+. The number of para-hydroxylation sites is 1. The molecule has 0 heterocycles. The lowest BCUT2D eigenvalue weighted by Crippen LogP contribution is -2.29. The van der Waals surface area contributed by atoms with Crippen LogP contribution in [0.2, 0.25) is 0 Å². The Hall–Kier alpha value is -5.14. The first-order chi connectivity index (χ1) is 22.5. The summed E-state index contributed by atoms with van der Waals surface area (Å²) in [6, 6.07) is 26.0. The molecule has 4 rings (SSSR count). The Labute approximate surface area is 275 Å². The molecule has 13 heteroatoms. The zero-order chi connectivity index (χ0) is 33.8. The first-order valence-electron chi connectivity index (χ1n) is 14.2. The number of nitrogens with two attached hydrogens (primary N) is 1. The third kappa shape index (κ3) is 11.0. The molecule has 0 spiro atoms. The minimum Gasteiger partial charge on any atom is -0.465 e. The average Bonchev–Trinajstić information content (AvgIpc) is 3.05. The number of aryl methyl sites for hydroxylation is 2. The topological polar surface area (TPSA) is 114 Å². The molecule has 0 atom stereocenters. The van der Waals surface area contributed by atoms with Gasteiger partial charge in [0.05, 0.1) is 36.8 Å². The zero-order valence-corrected chi connectivity index (χ0v) is 26.7. The van der Waals surface area contributed by atoms with Crippen molar-refractivity contribution >= 4 is 46.8 Å². The van der Waals surface area contributed by atoms with Crippen molar-refractivity contribution < 1.29 is 27.4 Å². The first kappa shape index (κ1) is 34.7. The number of halogens is 3. The minimum absolute atomic E-state index is 0.335. The van der Waals surface area contributed by atoms with Crippen molar-refractivity contribution in [2.75, 3.05) is 12.1 Å². The highest BCUT2D eigenvalue weighted by molar-refractivity contribution is 8.13. The Bertz CT molecular complexity index is 1710. The van der Waals surface area contributed by atoms with Crippen LogP contribution in [0.4, 0.5) is 24.5 Å². The number of hydrazine groups is 1. The summed E-state index contributed by atoms with van der Waals surface area (Å²) in [5.74, 6) is 5.83. The summed E-state index contributed by atoms with van der Waals surface area (Å²) in [6.07, 6.45) is -1.68. The first-order valence-corrected chi connectivity index (χ1v) is 15.2. The second kappa shape index (κ2) is 16.4. The van der Waals surface area contributed by atoms with E-state index in [1.807, 2.05) is 68.4 Å². The number of hydrogen-bond donors (Lipinski definition) is 2. The molecule has 0 radical (unpaired) electrons. The van der Waals surface area contributed by atoms with Gasteiger partial charge in [0.1, 0.15) is 12.1 Å². The van der Waals surface area contributed by atoms with Gasteiger partial charge in [0.15, 0.2) is 5.17 Å². The number of hydrazone groups is 1. The number of thioether (sulfide) groups is 1. The van der Waals surface area contributed by atoms with Crippen LogP contribution in [0.5, 0.6) is 5.75 Å². The minimum atomic E-state index is -4.76. The number of carbonyl (C=O) groups excluding carboxylic acids is 1. The molecule has 0 bridgehead atoms. The van der Waals surface area contributed by atoms with E-state index in [-0.39, 0.29) is 11.7 Å². The van der Waals surface area contributed by atoms with Crippen LogP contribution in [0.1, 0.15) is 38.2 Å². The normalized spacial score (nSPS) is 12.0. The summed E-state index contributed by atoms with van der Waals surface area (Å²) < 4.78 is 45.7. The molecule has 4 aromatic rings. The van der Waals surface area contributed by atoms with Gasteiger partial charge in [0.25, 0.3) is 0 Å². The Morgan fingerprint density at radius 1 is 0.936 bits per heavy atom. The predicted molar refractivity (Wildman–Crippen MR) is 181 cm³/mol. The Balaban J connectivity index is 1.36. The van der Waals surface area contributed by atoms with Crippen LogP contribution in [0.15, 0.2) is 106 Å². The van der Waals surface area contributed by atoms with E-state index in [1.165, 1.54) is 54.5 Å². The number of anilines is 1. The van der Waals surface area contributed by atoms with Crippen molar-refractivity contribution in [3.63, 3.8) is 0 Å². The molecule has 0 saturated heterocycles. The van der Waals surface area contributed by atoms with E-state index >= 15 is 0 Å². The fraction of sp³-hybridized carbons (Fsp3) is 0.176. The van der Waals surface area contributed by atoms with Crippen molar-refractivity contribution in [2.24, 2.45) is 20.9 Å². The summed E-state index contributed by atoms with van der Waals surface area (Å²) in [6.45, 7) is 4.35. The number of nitrogens with one attached hydrogen (secondary N) is 1. The lowest BCUT2D eigenvalue weighted by Gasteiger charge is -2.14. The number of hydrogen-bond acceptors (Lipinski definition) is 8. The van der Waals surface area contributed by atoms with Crippen molar-refractivity contribution in [3.8, 4) is 5.75 Å². The molecule has 3 N–H and O–H groups in total. The highest BCUT2D eigenvalue weighted by Crippen LogP contribution is 2.26. The maximum atomic E-state index is 12.4. The van der Waals surface area contributed by atoms with Crippen LogP contribution in [0.25, 0.3) is 0 Å². The Kier molecular flexibility index (Phi) is 12.1. The van der Waals surface area contributed by atoms with Crippen LogP contribution in [-0.2, 0) is 17.0 Å². The number of nitrogens with zero attached hydrogens (tertiary/aromatic N) is 4. The third-order valence-electron chi connectivity index (χ3n) is 6.61. The highest BCUT2D eigenvalue weighted by atomic mass is 32.2. The maximum absolute atomic E-state index is 12.4. The van der Waals surface area contributed by atoms with Crippen molar-refractivity contribution in [1.29, 1.82) is 0 Å². The molecule has 0 aliphatic carbocycles. The monoisotopic (exact) mass is 662 g/mol. The number of amidine groups is 1. The van der Waals surface area contributed by atoms with Crippen molar-refractivity contribution in [3.05, 3.63) is 124 Å². The second-order valence-corrected chi connectivity index (χ2v) is 11.1. The number of alkyl halides is 3. The van der Waals surface area contributed by atoms with E-state index in [9.17, 15) is 18.0 Å². The fourth-order valence-corrected chi connectivity index (χ4v) is 4.94. The van der Waals surface area contributed by atoms with Gasteiger partial charge in [-0.1, -0.05) is 66.4 Å². The number of aliphatic imine (C=N–C) groups is 2. The van der Waals surface area contributed by atoms with Crippen LogP contribution in [-0.4, -0.2) is 37.2 Å². The molecular formula is C34H33F3N6O3S. The van der Waals surface area contributed by atoms with Crippen LogP contribution < -0.4 is 21.0 Å². The van der Waals surface area contributed by atoms with Gasteiger partial charge in [0.2, 0.25) is 0 Å². The van der Waals surface area contributed by atoms with E-state index in [0.717, 1.165) is 33.5 Å². The summed E-state index contributed by atoms with van der Waals surface area (Å²) in [5.41, 5.74) is 9.73. The summed E-state index contributed by atoms with van der Waals surface area (Å²) in [4.78, 5) is 20.9. The Morgan fingerprint density at radius 2 is 1.57 bits per heavy atom. The van der Waals surface area contributed by atoms with Gasteiger partial charge >= 0.3 is 12.3 Å². The summed E-state index contributed by atoms with van der Waals surface area (Å²) in [5, 5.41) is 6.23. The van der Waals surface area contributed by atoms with Crippen LogP contribution >= 0.6 is 11.8 Å². The molecule has 0 fully saturated rings. The molecule has 0 amide bonds. The van der Waals surface area contributed by atoms with Gasteiger partial charge in [-0.15, -0.1) is 13.2 Å². The fourth-order valence-electron chi connectivity index (χ4n) is 4.17. The van der Waals surface area contributed by atoms with Gasteiger partial charge in [-0.2, -0.15) is 5.10 Å². The zero-order valence-electron chi connectivity index (χ0n) is 25.9. The lowest BCUT2D eigenvalue weighted by atomic mass is 10.1. The van der Waals surface area contributed by atoms with Gasteiger partial charge < -0.3 is 9.47 Å². The van der Waals surface area contributed by atoms with Crippen molar-refractivity contribution in [2.45, 2.75) is 32.5 Å². The van der Waals surface area contributed by atoms with Crippen molar-refractivity contribution in [1.82, 2.24) is 5.43 Å². The van der Waals surface area contributed by atoms with Gasteiger partial charge in [-0.3, -0.25) is 15.4 Å². The molecule has 47 heavy (non-hydrogen) atoms. The second-order valence-electron chi connectivity index (χ2n) is 10.2. The molecule has 244 valence electrons. The predicted octanol–water partition coefficient (Wildman–Crippen LogP) is 7.44. The molecule has 4 aromatic carbocycles. The van der Waals surface area contributed by atoms with E-state index < -0.39 is 6.36 Å². The quantitative estimate of drug-likeness (QED) is 0.0564. The maximum Gasteiger partial charge on any atom is 0.573 e. The van der Waals surface area contributed by atoms with E-state index in [2.05, 4.69) is 20.3 Å². The number of carbonyl (C=O) groups is 1. The number of rotatable bonds is 11. The number of benzene rings is 4. The molecular weight excluding hydrogens is 629 g/mol. The van der Waals surface area contributed by atoms with E-state index in [4.69, 9.17) is 15.6 Å². The van der Waals surface area contributed by atoms with Gasteiger partial charge in [-0.05, 0) is 78.1 Å². The number of methoxy groups -OCH3 is 1. The smallest absolute Gasteiger partial charge is 0.465 e. The SMILES string of the molecule is COC(=O)c1ccc(CS/C(=N\c2c(C)cccc2C)N/N=C/c2ccc(C/N=C\N(N)c3ccc(OC(F)(F)F)cc3)cc2)cc1. The van der Waals surface area contributed by atoms with Crippen LogP contribution in [0, 0.1) is 13.8 Å². The molecule has 0 saturated carbocycles. The highest BCUT2D eigenvalue weighted by Gasteiger charge is 2.31. The van der Waals surface area contributed by atoms with E-state index in [0.29, 0.717) is 28.7 Å². The van der Waals surface area contributed by atoms with Gasteiger partial charge in [0, 0.05) is 5.75 Å². The molecule has 9 nitrogen and oxygen atoms in total. The lowest BCUT2D eigenvalue weighted by molar-refractivity contribution is -0.274. The van der Waals surface area contributed by atoms with E-state index in [1.54, 1.807) is 18.3 Å². The summed E-state index contributed by atoms with van der Waals surface area (Å²) in [7, 11) is 1.35. The molecule has 0 unspecified atom stereocenters. The third-order valence-corrected chi connectivity index (χ3v) is 7.54. The largest absolute Gasteiger partial charge is 0.573 e. The molecule has 0 aliphatic heterocycles. The van der Waals surface area contributed by atoms with Crippen LogP contribution in [0.3, 0.4) is 0 Å². The van der Waals surface area contributed by atoms with Gasteiger partial charge in [-0.25, -0.2) is 15.6 Å². The average molecular weight is 663 g/mol. The number of ether oxygens (including phenoxy) is 2. The summed E-state index contributed by atoms with van der Waals surface area (Å²) >= 11 is 1.48. The number of esters is 1. The molecule has 0 aliphatic rings. The molecule has 0 aromatic heterocycles. The Morgan fingerprint density at radius 3 is 2.19 bits per heavy atom.